The lowest BCUT2D eigenvalue weighted by Gasteiger charge is -2.59. The van der Waals surface area contributed by atoms with Crippen LogP contribution in [-0.2, 0) is 14.6 Å². The molecule has 0 aromatic heterocycles. The Hall–Kier alpha value is -2.67. The Labute approximate surface area is 228 Å². The molecule has 0 spiro atoms. The second-order valence-corrected chi connectivity index (χ2v) is 13.0. The first-order valence-electron chi connectivity index (χ1n) is 12.3. The molecule has 212 valence electrons. The van der Waals surface area contributed by atoms with Gasteiger partial charge in [-0.15, -0.1) is 0 Å². The summed E-state index contributed by atoms with van der Waals surface area (Å²) in [4.78, 5) is 25.8. The fourth-order valence-corrected chi connectivity index (χ4v) is 7.97. The van der Waals surface area contributed by atoms with Crippen molar-refractivity contribution >= 4 is 38.9 Å². The summed E-state index contributed by atoms with van der Waals surface area (Å²) < 4.78 is 67.4. The van der Waals surface area contributed by atoms with E-state index in [1.807, 2.05) is 0 Å². The molecule has 8 nitrogen and oxygen atoms in total. The average molecular weight is 589 g/mol. The van der Waals surface area contributed by atoms with E-state index in [2.05, 4.69) is 5.32 Å². The van der Waals surface area contributed by atoms with Crippen LogP contribution in [0.1, 0.15) is 43.5 Å². The molecule has 13 heteroatoms. The van der Waals surface area contributed by atoms with Gasteiger partial charge in [0.1, 0.15) is 0 Å². The van der Waals surface area contributed by atoms with Crippen molar-refractivity contribution in [2.75, 3.05) is 18.4 Å². The molecule has 3 fully saturated rings. The van der Waals surface area contributed by atoms with Gasteiger partial charge in [-0.25, -0.2) is 21.6 Å². The maximum absolute atomic E-state index is 13.6. The van der Waals surface area contributed by atoms with Gasteiger partial charge in [0.2, 0.25) is 5.91 Å². The lowest BCUT2D eigenvalue weighted by atomic mass is 9.53. The van der Waals surface area contributed by atoms with E-state index in [4.69, 9.17) is 11.6 Å². The van der Waals surface area contributed by atoms with E-state index in [0.29, 0.717) is 18.6 Å². The molecule has 3 saturated carbocycles. The van der Waals surface area contributed by atoms with Crippen molar-refractivity contribution in [2.45, 2.75) is 55.0 Å². The summed E-state index contributed by atoms with van der Waals surface area (Å²) in [6.45, 7) is 2.89. The molecule has 0 radical (unpaired) electrons. The van der Waals surface area contributed by atoms with Crippen LogP contribution in [0.2, 0.25) is 5.02 Å². The van der Waals surface area contributed by atoms with Gasteiger partial charge >= 0.3 is 0 Å². The first-order chi connectivity index (χ1) is 18.1. The lowest BCUT2D eigenvalue weighted by Crippen LogP contribution is -2.66. The van der Waals surface area contributed by atoms with E-state index in [1.54, 1.807) is 0 Å². The third-order valence-electron chi connectivity index (χ3n) is 7.63. The van der Waals surface area contributed by atoms with Gasteiger partial charge in [0, 0.05) is 36.9 Å². The molecular formula is C26H28ClF3N2O6S. The molecule has 2 amide bonds. The van der Waals surface area contributed by atoms with Gasteiger partial charge in [0.05, 0.1) is 33.4 Å². The van der Waals surface area contributed by atoms with Crippen molar-refractivity contribution in [3.63, 3.8) is 0 Å². The quantitative estimate of drug-likeness (QED) is 0.405. The third-order valence-corrected chi connectivity index (χ3v) is 10.3. The first kappa shape index (κ1) is 29.3. The fourth-order valence-electron chi connectivity index (χ4n) is 5.57. The van der Waals surface area contributed by atoms with Crippen molar-refractivity contribution in [3.8, 4) is 0 Å². The van der Waals surface area contributed by atoms with Crippen LogP contribution in [0.3, 0.4) is 0 Å². The zero-order chi connectivity index (χ0) is 28.9. The van der Waals surface area contributed by atoms with Crippen LogP contribution in [0.25, 0.3) is 0 Å². The Balaban J connectivity index is 1.52. The summed E-state index contributed by atoms with van der Waals surface area (Å²) in [5.41, 5.74) is -1.80. The number of anilines is 1. The first-order valence-corrected chi connectivity index (χ1v) is 14.2. The molecule has 0 saturated heterocycles. The number of rotatable bonds is 8. The van der Waals surface area contributed by atoms with Gasteiger partial charge in [-0.2, -0.15) is 0 Å². The monoisotopic (exact) mass is 588 g/mol. The number of fused-ring (bicyclic) bond motifs is 2. The lowest BCUT2D eigenvalue weighted by molar-refractivity contribution is -0.190. The van der Waals surface area contributed by atoms with Gasteiger partial charge in [-0.1, -0.05) is 11.6 Å². The molecule has 3 atom stereocenters. The maximum atomic E-state index is 13.6. The van der Waals surface area contributed by atoms with E-state index in [-0.39, 0.29) is 53.0 Å². The number of carbonyl (C=O) groups excluding carboxylic acids is 2. The molecule has 0 heterocycles. The number of nitrogens with one attached hydrogen (secondary N) is 1. The SMILES string of the molecule is CC(=O)N(C[C@H](C)O)C[C@]1(O)C2CC1C[C@@H](S(=O)(=O)c1cc(C(=O)Nc3cc(F)c(F)c(F)c3)ccc1Cl)C2. The van der Waals surface area contributed by atoms with Crippen LogP contribution in [0, 0.1) is 29.3 Å². The van der Waals surface area contributed by atoms with Crippen LogP contribution < -0.4 is 5.32 Å². The van der Waals surface area contributed by atoms with E-state index in [9.17, 15) is 41.4 Å². The second kappa shape index (κ2) is 10.7. The maximum Gasteiger partial charge on any atom is 0.255 e. The number of halogens is 4. The normalized spacial score (nSPS) is 25.0. The van der Waals surface area contributed by atoms with E-state index in [0.717, 1.165) is 6.07 Å². The molecule has 5 rings (SSSR count). The Morgan fingerprint density at radius 3 is 2.26 bits per heavy atom. The Kier molecular flexibility index (Phi) is 8.06. The molecule has 3 aliphatic rings. The van der Waals surface area contributed by atoms with Gasteiger partial charge in [0.25, 0.3) is 5.91 Å². The predicted octanol–water partition coefficient (Wildman–Crippen LogP) is 3.54. The second-order valence-electron chi connectivity index (χ2n) is 10.4. The molecule has 2 aromatic rings. The molecule has 3 aliphatic carbocycles. The van der Waals surface area contributed by atoms with E-state index >= 15 is 0 Å². The number of aliphatic hydroxyl groups excluding tert-OH is 1. The topological polar surface area (TPSA) is 124 Å². The minimum absolute atomic E-state index is 0.0175. The zero-order valence-corrected chi connectivity index (χ0v) is 22.7. The summed E-state index contributed by atoms with van der Waals surface area (Å²) in [6, 6.07) is 4.70. The van der Waals surface area contributed by atoms with Crippen molar-refractivity contribution in [2.24, 2.45) is 11.8 Å². The zero-order valence-electron chi connectivity index (χ0n) is 21.1. The summed E-state index contributed by atoms with van der Waals surface area (Å²) in [5, 5.41) is 22.2. The highest BCUT2D eigenvalue weighted by atomic mass is 35.5. The Morgan fingerprint density at radius 2 is 1.72 bits per heavy atom. The number of benzene rings is 2. The summed E-state index contributed by atoms with van der Waals surface area (Å²) >= 11 is 6.21. The number of sulfone groups is 1. The minimum atomic E-state index is -4.07. The van der Waals surface area contributed by atoms with Crippen molar-refractivity contribution in [1.29, 1.82) is 0 Å². The minimum Gasteiger partial charge on any atom is -0.392 e. The van der Waals surface area contributed by atoms with Crippen molar-refractivity contribution in [3.05, 3.63) is 58.4 Å². The molecule has 2 bridgehead atoms. The largest absolute Gasteiger partial charge is 0.392 e. The van der Waals surface area contributed by atoms with Crippen molar-refractivity contribution in [1.82, 2.24) is 4.90 Å². The fraction of sp³-hybridized carbons (Fsp3) is 0.462. The molecule has 0 aliphatic heterocycles. The summed E-state index contributed by atoms with van der Waals surface area (Å²) in [5.74, 6) is -6.71. The van der Waals surface area contributed by atoms with Gasteiger partial charge < -0.3 is 20.4 Å². The van der Waals surface area contributed by atoms with Crippen LogP contribution in [-0.4, -0.2) is 65.4 Å². The average Bonchev–Trinajstić information content (AvgIpc) is 2.86. The number of hydrogen-bond acceptors (Lipinski definition) is 6. The predicted molar refractivity (Wildman–Crippen MR) is 136 cm³/mol. The molecule has 3 N–H and O–H groups in total. The van der Waals surface area contributed by atoms with Gasteiger partial charge in [-0.05, 0) is 56.2 Å². The van der Waals surface area contributed by atoms with Crippen LogP contribution >= 0.6 is 11.6 Å². The molecule has 2 unspecified atom stereocenters. The van der Waals surface area contributed by atoms with E-state index in [1.165, 1.54) is 30.9 Å². The summed E-state index contributed by atoms with van der Waals surface area (Å²) in [6.07, 6.45) is 0.00950. The number of aliphatic hydroxyl groups is 2. The highest BCUT2D eigenvalue weighted by molar-refractivity contribution is 7.92. The number of amides is 2. The molecule has 39 heavy (non-hydrogen) atoms. The molecular weight excluding hydrogens is 561 g/mol. The van der Waals surface area contributed by atoms with Crippen molar-refractivity contribution < 1.29 is 41.4 Å². The van der Waals surface area contributed by atoms with Gasteiger partial charge in [0.15, 0.2) is 27.3 Å². The van der Waals surface area contributed by atoms with Crippen LogP contribution in [0.15, 0.2) is 35.2 Å². The number of nitrogens with zero attached hydrogens (tertiary/aromatic N) is 1. The van der Waals surface area contributed by atoms with Crippen LogP contribution in [0.4, 0.5) is 18.9 Å². The third kappa shape index (κ3) is 5.65. The summed E-state index contributed by atoms with van der Waals surface area (Å²) in [7, 11) is -4.07. The highest BCUT2D eigenvalue weighted by Crippen LogP contribution is 2.56. The smallest absolute Gasteiger partial charge is 0.255 e. The highest BCUT2D eigenvalue weighted by Gasteiger charge is 2.60. The Morgan fingerprint density at radius 1 is 1.13 bits per heavy atom. The van der Waals surface area contributed by atoms with Gasteiger partial charge in [-0.3, -0.25) is 9.59 Å². The van der Waals surface area contributed by atoms with Crippen LogP contribution in [0.5, 0.6) is 0 Å². The number of carbonyl (C=O) groups is 2. The number of hydrogen-bond donors (Lipinski definition) is 3. The van der Waals surface area contributed by atoms with E-state index < -0.39 is 62.0 Å². The molecule has 2 aromatic carbocycles. The standard InChI is InChI=1S/C26H28ClF3N2O6S/c1-13(33)11-32(14(2)34)12-26(36)16-6-17(26)8-19(7-16)39(37,38)23-5-15(3-4-20(23)27)25(35)31-18-9-21(28)24(30)22(29)10-18/h3-5,9-10,13,16-17,19,33,36H,6-8,11-12H2,1-2H3,(H,31,35)/t13-,16?,17?,19-,26-/m0/s1. The Bertz CT molecular complexity index is 1390.